The van der Waals surface area contributed by atoms with Gasteiger partial charge in [0, 0.05) is 6.07 Å². The summed E-state index contributed by atoms with van der Waals surface area (Å²) >= 11 is 1.67. The number of fused-ring (bicyclic) bond motifs is 1. The zero-order valence-electron chi connectivity index (χ0n) is 5.99. The first-order chi connectivity index (χ1) is 4.86. The van der Waals surface area contributed by atoms with Gasteiger partial charge in [0.2, 0.25) is 0 Å². The number of hydrogen-bond donors (Lipinski definition) is 0. The molecule has 2 rings (SSSR count). The molecule has 0 aliphatic carbocycles. The minimum Gasteiger partial charge on any atom is -1.00 e. The summed E-state index contributed by atoms with van der Waals surface area (Å²) in [6.07, 6.45) is 4.05. The third kappa shape index (κ3) is 1.67. The number of nitrogens with zero attached hydrogens (tertiary/aromatic N) is 2. The van der Waals surface area contributed by atoms with E-state index in [9.17, 15) is 0 Å². The van der Waals surface area contributed by atoms with Crippen LogP contribution in [-0.4, -0.2) is 4.98 Å². The molecule has 4 heteroatoms. The van der Waals surface area contributed by atoms with Crippen LogP contribution in [0.25, 0.3) is 10.2 Å². The van der Waals surface area contributed by atoms with Gasteiger partial charge in [-0.1, -0.05) is 0 Å². The minimum absolute atomic E-state index is 0. The molecule has 2 heterocycles. The quantitative estimate of drug-likeness (QED) is 0.407. The first-order valence-corrected chi connectivity index (χ1v) is 3.93. The Hall–Kier alpha value is -0.230. The highest BCUT2D eigenvalue weighted by atomic mass is 127. The predicted molar refractivity (Wildman–Crippen MR) is 40.8 cm³/mol. The molecule has 0 aliphatic rings. The Balaban J connectivity index is 0.000000605. The second kappa shape index (κ2) is 3.44. The molecule has 0 amide bonds. The molecular weight excluding hydrogens is 271 g/mol. The van der Waals surface area contributed by atoms with E-state index in [0.29, 0.717) is 0 Å². The molecule has 0 saturated heterocycles. The molecule has 2 aromatic rings. The highest BCUT2D eigenvalue weighted by molar-refractivity contribution is 7.16. The molecule has 2 nitrogen and oxygen atoms in total. The van der Waals surface area contributed by atoms with Gasteiger partial charge in [0.25, 0.3) is 0 Å². The first kappa shape index (κ1) is 8.86. The average molecular weight is 278 g/mol. The molecule has 0 aliphatic heterocycles. The largest absolute Gasteiger partial charge is 1.00 e. The summed E-state index contributed by atoms with van der Waals surface area (Å²) in [5, 5.41) is 0. The summed E-state index contributed by atoms with van der Waals surface area (Å²) in [4.78, 5) is 4.18. The normalized spacial score (nSPS) is 9.55. The zero-order valence-corrected chi connectivity index (χ0v) is 8.96. The fourth-order valence-corrected chi connectivity index (χ4v) is 1.55. The van der Waals surface area contributed by atoms with Crippen molar-refractivity contribution in [3.63, 3.8) is 0 Å². The number of pyridine rings is 1. The van der Waals surface area contributed by atoms with Gasteiger partial charge in [-0.15, -0.1) is 11.3 Å². The smallest absolute Gasteiger partial charge is 0.195 e. The summed E-state index contributed by atoms with van der Waals surface area (Å²) < 4.78 is 3.25. The number of hydrogen-bond acceptors (Lipinski definition) is 2. The van der Waals surface area contributed by atoms with Crippen LogP contribution in [-0.2, 0) is 7.05 Å². The molecule has 0 aromatic carbocycles. The van der Waals surface area contributed by atoms with Crippen molar-refractivity contribution in [2.45, 2.75) is 0 Å². The van der Waals surface area contributed by atoms with Gasteiger partial charge in [0.15, 0.2) is 12.4 Å². The highest BCUT2D eigenvalue weighted by Crippen LogP contribution is 2.13. The van der Waals surface area contributed by atoms with Gasteiger partial charge in [-0.25, -0.2) is 9.55 Å². The molecular formula is C7H7IN2S. The lowest BCUT2D eigenvalue weighted by Crippen LogP contribution is -3.00. The van der Waals surface area contributed by atoms with Gasteiger partial charge in [-0.2, -0.15) is 0 Å². The first-order valence-electron chi connectivity index (χ1n) is 3.05. The van der Waals surface area contributed by atoms with Gasteiger partial charge >= 0.3 is 0 Å². The van der Waals surface area contributed by atoms with Crippen molar-refractivity contribution < 1.29 is 28.5 Å². The Morgan fingerprint density at radius 2 is 2.36 bits per heavy atom. The van der Waals surface area contributed by atoms with Crippen LogP contribution in [0.5, 0.6) is 0 Å². The number of thiazole rings is 1. The van der Waals surface area contributed by atoms with Crippen LogP contribution in [0.4, 0.5) is 0 Å². The van der Waals surface area contributed by atoms with E-state index >= 15 is 0 Å². The van der Waals surface area contributed by atoms with Crippen molar-refractivity contribution in [3.05, 3.63) is 24.0 Å². The van der Waals surface area contributed by atoms with Gasteiger partial charge < -0.3 is 24.0 Å². The second-order valence-corrected chi connectivity index (χ2v) is 3.10. The van der Waals surface area contributed by atoms with Crippen LogP contribution >= 0.6 is 11.3 Å². The lowest BCUT2D eigenvalue weighted by atomic mass is 10.4. The molecule has 0 unspecified atom stereocenters. The standard InChI is InChI=1S/C7H7N2S.HI/c1-9-3-2-7-6(4-9)8-5-10-7;/h2-5H,1H3;1H/q+1;/p-1. The summed E-state index contributed by atoms with van der Waals surface area (Å²) in [6, 6.07) is 2.08. The number of aryl methyl sites for hydroxylation is 1. The second-order valence-electron chi connectivity index (χ2n) is 2.21. The summed E-state index contributed by atoms with van der Waals surface area (Å²) in [5.74, 6) is 0. The van der Waals surface area contributed by atoms with Gasteiger partial charge in [0.1, 0.15) is 12.6 Å². The fourth-order valence-electron chi connectivity index (χ4n) is 0.907. The number of rotatable bonds is 0. The highest BCUT2D eigenvalue weighted by Gasteiger charge is 1.98. The Bertz CT molecular complexity index is 358. The minimum atomic E-state index is 0. The third-order valence-corrected chi connectivity index (χ3v) is 2.22. The van der Waals surface area contributed by atoms with Crippen LogP contribution in [0, 0.1) is 0 Å². The molecule has 0 N–H and O–H groups in total. The van der Waals surface area contributed by atoms with E-state index in [4.69, 9.17) is 0 Å². The monoisotopic (exact) mass is 278 g/mol. The van der Waals surface area contributed by atoms with Crippen molar-refractivity contribution in [2.75, 3.05) is 0 Å². The lowest BCUT2D eigenvalue weighted by Gasteiger charge is -1.83. The molecule has 0 fully saturated rings. The van der Waals surface area contributed by atoms with Gasteiger partial charge in [0.05, 0.1) is 10.2 Å². The van der Waals surface area contributed by atoms with Crippen molar-refractivity contribution in [1.82, 2.24) is 4.98 Å². The maximum atomic E-state index is 4.18. The maximum Gasteiger partial charge on any atom is 0.195 e. The predicted octanol–water partition coefficient (Wildman–Crippen LogP) is -1.88. The van der Waals surface area contributed by atoms with Gasteiger partial charge in [-0.3, -0.25) is 0 Å². The van der Waals surface area contributed by atoms with E-state index in [1.165, 1.54) is 4.70 Å². The van der Waals surface area contributed by atoms with Crippen molar-refractivity contribution in [1.29, 1.82) is 0 Å². The molecule has 58 valence electrons. The maximum absolute atomic E-state index is 4.18. The van der Waals surface area contributed by atoms with Gasteiger partial charge in [-0.05, 0) is 0 Å². The molecule has 0 bridgehead atoms. The number of aromatic nitrogens is 2. The molecule has 2 aromatic heterocycles. The molecule has 0 spiro atoms. The van der Waals surface area contributed by atoms with Crippen molar-refractivity contribution in [3.8, 4) is 0 Å². The molecule has 0 saturated carbocycles. The Kier molecular flexibility index (Phi) is 2.78. The molecule has 0 atom stereocenters. The van der Waals surface area contributed by atoms with E-state index in [1.54, 1.807) is 11.3 Å². The van der Waals surface area contributed by atoms with Crippen LogP contribution in [0.15, 0.2) is 24.0 Å². The van der Waals surface area contributed by atoms with Crippen LogP contribution < -0.4 is 28.5 Å². The number of halogens is 1. The zero-order chi connectivity index (χ0) is 6.97. The Morgan fingerprint density at radius 1 is 1.55 bits per heavy atom. The lowest BCUT2D eigenvalue weighted by molar-refractivity contribution is -0.670. The Morgan fingerprint density at radius 3 is 3.18 bits per heavy atom. The summed E-state index contributed by atoms with van der Waals surface area (Å²) in [5.41, 5.74) is 2.94. The van der Waals surface area contributed by atoms with Crippen LogP contribution in [0.3, 0.4) is 0 Å². The van der Waals surface area contributed by atoms with E-state index < -0.39 is 0 Å². The van der Waals surface area contributed by atoms with E-state index in [1.807, 2.05) is 29.5 Å². The van der Waals surface area contributed by atoms with Crippen LogP contribution in [0.1, 0.15) is 0 Å². The molecule has 11 heavy (non-hydrogen) atoms. The summed E-state index contributed by atoms with van der Waals surface area (Å²) in [6.45, 7) is 0. The van der Waals surface area contributed by atoms with Crippen molar-refractivity contribution >= 4 is 21.6 Å². The fraction of sp³-hybridized carbons (Fsp3) is 0.143. The summed E-state index contributed by atoms with van der Waals surface area (Å²) in [7, 11) is 2.00. The topological polar surface area (TPSA) is 16.8 Å². The van der Waals surface area contributed by atoms with Crippen LogP contribution in [0.2, 0.25) is 0 Å². The van der Waals surface area contributed by atoms with E-state index in [-0.39, 0.29) is 24.0 Å². The van der Waals surface area contributed by atoms with Crippen molar-refractivity contribution in [2.24, 2.45) is 7.05 Å². The Labute approximate surface area is 85.9 Å². The van der Waals surface area contributed by atoms with E-state index in [0.717, 1.165) is 5.52 Å². The SMILES string of the molecule is C[n+]1ccc2scnc2c1.[I-]. The third-order valence-electron chi connectivity index (χ3n) is 1.41. The average Bonchev–Trinajstić information content (AvgIpc) is 2.33. The van der Waals surface area contributed by atoms with E-state index in [2.05, 4.69) is 11.1 Å². The molecule has 0 radical (unpaired) electrons.